The second kappa shape index (κ2) is 4.34. The largest absolute Gasteiger partial charge is 0.497 e. The van der Waals surface area contributed by atoms with Gasteiger partial charge in [0.05, 0.1) is 24.7 Å². The van der Waals surface area contributed by atoms with Crippen molar-refractivity contribution in [2.45, 2.75) is 6.54 Å². The number of ether oxygens (including phenoxy) is 1. The van der Waals surface area contributed by atoms with Crippen LogP contribution in [0.25, 0.3) is 11.0 Å². The molecule has 2 heterocycles. The number of benzene rings is 1. The molecule has 0 aliphatic heterocycles. The molecule has 2 aromatic heterocycles. The molecule has 18 heavy (non-hydrogen) atoms. The average Bonchev–Trinajstić information content (AvgIpc) is 2.99. The monoisotopic (exact) mass is 259 g/mol. The number of nitrogens with two attached hydrogens (primary N) is 1. The number of anilines is 1. The summed E-state index contributed by atoms with van der Waals surface area (Å²) in [6, 6.07) is 9.91. The third-order valence-corrected chi connectivity index (χ3v) is 3.74. The number of thiophene rings is 1. The predicted octanol–water partition coefficient (Wildman–Crippen LogP) is 2.74. The molecule has 1 aromatic carbocycles. The van der Waals surface area contributed by atoms with E-state index in [9.17, 15) is 0 Å². The second-order valence-corrected chi connectivity index (χ2v) is 5.02. The van der Waals surface area contributed by atoms with Gasteiger partial charge in [-0.3, -0.25) is 0 Å². The van der Waals surface area contributed by atoms with E-state index >= 15 is 0 Å². The Morgan fingerprint density at radius 3 is 3.00 bits per heavy atom. The Labute approximate surface area is 109 Å². The van der Waals surface area contributed by atoms with E-state index in [2.05, 4.69) is 16.4 Å². The summed E-state index contributed by atoms with van der Waals surface area (Å²) in [5.74, 6) is 1.35. The molecule has 0 saturated heterocycles. The van der Waals surface area contributed by atoms with E-state index in [1.165, 1.54) is 4.88 Å². The molecule has 2 N–H and O–H groups in total. The maximum atomic E-state index is 5.98. The third-order valence-electron chi connectivity index (χ3n) is 2.88. The van der Waals surface area contributed by atoms with Crippen LogP contribution in [0.15, 0.2) is 35.7 Å². The Morgan fingerprint density at radius 1 is 1.39 bits per heavy atom. The van der Waals surface area contributed by atoms with Crippen molar-refractivity contribution in [2.24, 2.45) is 0 Å². The highest BCUT2D eigenvalue weighted by atomic mass is 32.1. The third kappa shape index (κ3) is 1.82. The molecule has 0 aliphatic carbocycles. The molecule has 0 unspecified atom stereocenters. The molecule has 92 valence electrons. The molecule has 0 fully saturated rings. The Morgan fingerprint density at radius 2 is 2.28 bits per heavy atom. The Kier molecular flexibility index (Phi) is 2.68. The minimum Gasteiger partial charge on any atom is -0.497 e. The lowest BCUT2D eigenvalue weighted by Gasteiger charge is -2.05. The van der Waals surface area contributed by atoms with Crippen molar-refractivity contribution in [3.05, 3.63) is 40.6 Å². The van der Waals surface area contributed by atoms with Crippen LogP contribution >= 0.6 is 11.3 Å². The van der Waals surface area contributed by atoms with Crippen LogP contribution in [0.2, 0.25) is 0 Å². The zero-order valence-corrected chi connectivity index (χ0v) is 10.8. The van der Waals surface area contributed by atoms with Gasteiger partial charge in [0.1, 0.15) is 5.75 Å². The van der Waals surface area contributed by atoms with Crippen molar-refractivity contribution in [3.63, 3.8) is 0 Å². The van der Waals surface area contributed by atoms with Crippen LogP contribution in [-0.4, -0.2) is 16.7 Å². The first-order valence-electron chi connectivity index (χ1n) is 5.60. The van der Waals surface area contributed by atoms with Crippen LogP contribution in [-0.2, 0) is 6.54 Å². The van der Waals surface area contributed by atoms with Crippen LogP contribution in [0, 0.1) is 0 Å². The predicted molar refractivity (Wildman–Crippen MR) is 74.1 cm³/mol. The number of nitrogens with zero attached hydrogens (tertiary/aromatic N) is 2. The number of rotatable bonds is 3. The Bertz CT molecular complexity index is 673. The molecule has 0 saturated carbocycles. The van der Waals surface area contributed by atoms with Crippen LogP contribution in [0.4, 0.5) is 5.95 Å². The van der Waals surface area contributed by atoms with Crippen molar-refractivity contribution < 1.29 is 4.74 Å². The van der Waals surface area contributed by atoms with Crippen LogP contribution in [0.1, 0.15) is 4.88 Å². The zero-order valence-electron chi connectivity index (χ0n) is 9.96. The Balaban J connectivity index is 2.11. The van der Waals surface area contributed by atoms with Gasteiger partial charge in [-0.25, -0.2) is 4.98 Å². The van der Waals surface area contributed by atoms with E-state index in [-0.39, 0.29) is 0 Å². The van der Waals surface area contributed by atoms with E-state index in [0.29, 0.717) is 5.95 Å². The fourth-order valence-corrected chi connectivity index (χ4v) is 2.67. The lowest BCUT2D eigenvalue weighted by molar-refractivity contribution is 0.415. The number of aromatic nitrogens is 2. The van der Waals surface area contributed by atoms with Gasteiger partial charge in [-0.1, -0.05) is 6.07 Å². The van der Waals surface area contributed by atoms with Gasteiger partial charge in [-0.2, -0.15) is 0 Å². The molecule has 0 bridgehead atoms. The van der Waals surface area contributed by atoms with Gasteiger partial charge in [0, 0.05) is 10.9 Å². The highest BCUT2D eigenvalue weighted by Gasteiger charge is 2.09. The highest BCUT2D eigenvalue weighted by Crippen LogP contribution is 2.24. The number of nitrogen functional groups attached to an aromatic ring is 1. The van der Waals surface area contributed by atoms with Crippen molar-refractivity contribution in [1.29, 1.82) is 0 Å². The van der Waals surface area contributed by atoms with E-state index < -0.39 is 0 Å². The van der Waals surface area contributed by atoms with E-state index in [1.54, 1.807) is 18.4 Å². The molecule has 0 radical (unpaired) electrons. The molecular weight excluding hydrogens is 246 g/mol. The van der Waals surface area contributed by atoms with Crippen LogP contribution < -0.4 is 10.5 Å². The topological polar surface area (TPSA) is 53.1 Å². The standard InChI is InChI=1S/C13H13N3OS/c1-17-9-4-5-11-12(7-9)16(13(14)15-11)8-10-3-2-6-18-10/h2-7H,8H2,1H3,(H2,14,15). The summed E-state index contributed by atoms with van der Waals surface area (Å²) in [5, 5.41) is 2.06. The molecule has 0 atom stereocenters. The number of hydrogen-bond donors (Lipinski definition) is 1. The lowest BCUT2D eigenvalue weighted by atomic mass is 10.3. The van der Waals surface area contributed by atoms with E-state index in [4.69, 9.17) is 10.5 Å². The van der Waals surface area contributed by atoms with Crippen molar-refractivity contribution in [3.8, 4) is 5.75 Å². The van der Waals surface area contributed by atoms with Crippen molar-refractivity contribution >= 4 is 28.3 Å². The van der Waals surface area contributed by atoms with E-state index in [1.807, 2.05) is 28.8 Å². The summed E-state index contributed by atoms with van der Waals surface area (Å²) in [6.45, 7) is 0.743. The van der Waals surface area contributed by atoms with Gasteiger partial charge in [-0.15, -0.1) is 11.3 Å². The van der Waals surface area contributed by atoms with Gasteiger partial charge in [0.15, 0.2) is 0 Å². The molecule has 0 aliphatic rings. The van der Waals surface area contributed by atoms with Gasteiger partial charge in [0.25, 0.3) is 0 Å². The van der Waals surface area contributed by atoms with Crippen molar-refractivity contribution in [2.75, 3.05) is 12.8 Å². The fourth-order valence-electron chi connectivity index (χ4n) is 1.97. The zero-order chi connectivity index (χ0) is 12.5. The van der Waals surface area contributed by atoms with Gasteiger partial charge < -0.3 is 15.0 Å². The number of fused-ring (bicyclic) bond motifs is 1. The second-order valence-electron chi connectivity index (χ2n) is 3.99. The number of imidazole rings is 1. The molecule has 0 amide bonds. The fraction of sp³-hybridized carbons (Fsp3) is 0.154. The number of hydrogen-bond acceptors (Lipinski definition) is 4. The maximum Gasteiger partial charge on any atom is 0.201 e. The van der Waals surface area contributed by atoms with Crippen LogP contribution in [0.5, 0.6) is 5.75 Å². The minimum absolute atomic E-state index is 0.534. The van der Waals surface area contributed by atoms with E-state index in [0.717, 1.165) is 23.3 Å². The van der Waals surface area contributed by atoms with Crippen molar-refractivity contribution in [1.82, 2.24) is 9.55 Å². The summed E-state index contributed by atoms with van der Waals surface area (Å²) in [7, 11) is 1.66. The molecular formula is C13H13N3OS. The van der Waals surface area contributed by atoms with Gasteiger partial charge in [-0.05, 0) is 23.6 Å². The van der Waals surface area contributed by atoms with Gasteiger partial charge in [0.2, 0.25) is 5.95 Å². The summed E-state index contributed by atoms with van der Waals surface area (Å²) >= 11 is 1.71. The molecule has 3 aromatic rings. The van der Waals surface area contributed by atoms with Gasteiger partial charge >= 0.3 is 0 Å². The minimum atomic E-state index is 0.534. The quantitative estimate of drug-likeness (QED) is 0.787. The highest BCUT2D eigenvalue weighted by molar-refractivity contribution is 7.09. The van der Waals surface area contributed by atoms with Crippen LogP contribution in [0.3, 0.4) is 0 Å². The molecule has 4 nitrogen and oxygen atoms in total. The first kappa shape index (κ1) is 11.1. The SMILES string of the molecule is COc1ccc2nc(N)n(Cc3cccs3)c2c1. The maximum absolute atomic E-state index is 5.98. The summed E-state index contributed by atoms with van der Waals surface area (Å²) in [6.07, 6.45) is 0. The molecule has 5 heteroatoms. The lowest BCUT2D eigenvalue weighted by Crippen LogP contribution is -2.03. The Hall–Kier alpha value is -2.01. The molecule has 3 rings (SSSR count). The number of methoxy groups -OCH3 is 1. The smallest absolute Gasteiger partial charge is 0.201 e. The first-order chi connectivity index (χ1) is 8.78. The first-order valence-corrected chi connectivity index (χ1v) is 6.48. The average molecular weight is 259 g/mol. The summed E-state index contributed by atoms with van der Waals surface area (Å²) in [5.41, 5.74) is 7.87. The normalized spacial score (nSPS) is 10.9. The summed E-state index contributed by atoms with van der Waals surface area (Å²) < 4.78 is 7.25. The summed E-state index contributed by atoms with van der Waals surface area (Å²) in [4.78, 5) is 5.61. The molecule has 0 spiro atoms.